The number of amides is 1. The van der Waals surface area contributed by atoms with Crippen LogP contribution in [0, 0.1) is 0 Å². The van der Waals surface area contributed by atoms with E-state index in [1.54, 1.807) is 37.4 Å². The van der Waals surface area contributed by atoms with Gasteiger partial charge in [-0.05, 0) is 42.8 Å². The summed E-state index contributed by atoms with van der Waals surface area (Å²) in [7, 11) is 1.57. The van der Waals surface area contributed by atoms with Gasteiger partial charge in [-0.1, -0.05) is 18.7 Å². The lowest BCUT2D eigenvalue weighted by Gasteiger charge is -2.27. The highest BCUT2D eigenvalue weighted by molar-refractivity contribution is 5.98. The zero-order valence-corrected chi connectivity index (χ0v) is 13.7. The van der Waals surface area contributed by atoms with Gasteiger partial charge in [0.05, 0.1) is 12.7 Å². The molecule has 1 N–H and O–H groups in total. The predicted octanol–water partition coefficient (Wildman–Crippen LogP) is 3.47. The average Bonchev–Trinajstić information content (AvgIpc) is 2.59. The lowest BCUT2D eigenvalue weighted by atomic mass is 10.1. The summed E-state index contributed by atoms with van der Waals surface area (Å²) in [6, 6.07) is 12.6. The van der Waals surface area contributed by atoms with Gasteiger partial charge in [-0.15, -0.1) is 0 Å². The number of hydrogen-bond acceptors (Lipinski definition) is 4. The molecule has 1 aliphatic heterocycles. The minimum atomic E-state index is -0.573. The highest BCUT2D eigenvalue weighted by Gasteiger charge is 2.26. The molecular formula is C19H19NO4. The first-order chi connectivity index (χ1) is 11.6. The van der Waals surface area contributed by atoms with Crippen molar-refractivity contribution in [2.45, 2.75) is 13.2 Å². The average molecular weight is 325 g/mol. The van der Waals surface area contributed by atoms with E-state index in [4.69, 9.17) is 14.2 Å². The van der Waals surface area contributed by atoms with Gasteiger partial charge in [0.1, 0.15) is 12.4 Å². The van der Waals surface area contributed by atoms with E-state index >= 15 is 0 Å². The highest BCUT2D eigenvalue weighted by Crippen LogP contribution is 2.34. The first kappa shape index (κ1) is 15.9. The van der Waals surface area contributed by atoms with Gasteiger partial charge in [-0.25, -0.2) is 0 Å². The molecule has 5 nitrogen and oxygen atoms in total. The second kappa shape index (κ2) is 6.66. The van der Waals surface area contributed by atoms with Crippen LogP contribution in [-0.2, 0) is 0 Å². The highest BCUT2D eigenvalue weighted by atomic mass is 16.5. The molecule has 0 spiro atoms. The summed E-state index contributed by atoms with van der Waals surface area (Å²) < 4.78 is 16.9. The van der Waals surface area contributed by atoms with Gasteiger partial charge < -0.3 is 19.5 Å². The molecule has 2 aromatic rings. The molecule has 0 aromatic heterocycles. The van der Waals surface area contributed by atoms with Crippen LogP contribution in [0.4, 0.5) is 0 Å². The molecule has 0 aliphatic carbocycles. The van der Waals surface area contributed by atoms with Crippen molar-refractivity contribution in [1.29, 1.82) is 0 Å². The van der Waals surface area contributed by atoms with Crippen LogP contribution < -0.4 is 19.5 Å². The first-order valence-electron chi connectivity index (χ1n) is 7.60. The fraction of sp³-hybridized carbons (Fsp3) is 0.211. The molecule has 0 radical (unpaired) electrons. The van der Waals surface area contributed by atoms with E-state index in [1.807, 2.05) is 19.1 Å². The van der Waals surface area contributed by atoms with Gasteiger partial charge in [0.25, 0.3) is 5.91 Å². The van der Waals surface area contributed by atoms with Gasteiger partial charge in [0, 0.05) is 5.56 Å². The molecule has 0 unspecified atom stereocenters. The molecule has 2 aromatic carbocycles. The Bertz CT molecular complexity index is 785. The van der Waals surface area contributed by atoms with Gasteiger partial charge in [-0.3, -0.25) is 4.79 Å². The minimum Gasteiger partial charge on any atom is -0.493 e. The maximum Gasteiger partial charge on any atom is 0.258 e. The SMILES string of the molecule is C=C(C)COc1ccc([C@H]2NC(=O)c3ccccc3O2)cc1OC. The second-order valence-electron chi connectivity index (χ2n) is 5.62. The van der Waals surface area contributed by atoms with E-state index in [0.717, 1.165) is 11.1 Å². The molecule has 3 rings (SSSR count). The van der Waals surface area contributed by atoms with E-state index < -0.39 is 6.23 Å². The van der Waals surface area contributed by atoms with Crippen molar-refractivity contribution in [3.63, 3.8) is 0 Å². The maximum atomic E-state index is 12.2. The molecule has 1 atom stereocenters. The minimum absolute atomic E-state index is 0.163. The van der Waals surface area contributed by atoms with Crippen LogP contribution in [0.5, 0.6) is 17.2 Å². The Morgan fingerprint density at radius 2 is 2.04 bits per heavy atom. The normalized spacial score (nSPS) is 15.8. The fourth-order valence-electron chi connectivity index (χ4n) is 2.43. The number of carbonyl (C=O) groups is 1. The summed E-state index contributed by atoms with van der Waals surface area (Å²) in [4.78, 5) is 12.2. The third kappa shape index (κ3) is 3.20. The van der Waals surface area contributed by atoms with Gasteiger partial charge in [-0.2, -0.15) is 0 Å². The summed E-state index contributed by atoms with van der Waals surface area (Å²) in [5, 5.41) is 2.84. The summed E-state index contributed by atoms with van der Waals surface area (Å²) in [5.74, 6) is 1.59. The molecule has 1 heterocycles. The molecular weight excluding hydrogens is 306 g/mol. The Morgan fingerprint density at radius 1 is 1.25 bits per heavy atom. The number of methoxy groups -OCH3 is 1. The van der Waals surface area contributed by atoms with E-state index in [9.17, 15) is 4.79 Å². The van der Waals surface area contributed by atoms with E-state index in [2.05, 4.69) is 11.9 Å². The number of hydrogen-bond donors (Lipinski definition) is 1. The number of nitrogens with one attached hydrogen (secondary N) is 1. The lowest BCUT2D eigenvalue weighted by Crippen LogP contribution is -2.36. The van der Waals surface area contributed by atoms with E-state index in [1.165, 1.54) is 0 Å². The zero-order valence-electron chi connectivity index (χ0n) is 13.7. The number of ether oxygens (including phenoxy) is 3. The monoisotopic (exact) mass is 325 g/mol. The van der Waals surface area contributed by atoms with Crippen molar-refractivity contribution in [1.82, 2.24) is 5.32 Å². The molecule has 0 saturated carbocycles. The van der Waals surface area contributed by atoms with Gasteiger partial charge in [0.2, 0.25) is 0 Å². The van der Waals surface area contributed by atoms with Crippen molar-refractivity contribution in [3.05, 3.63) is 65.7 Å². The molecule has 124 valence electrons. The molecule has 5 heteroatoms. The summed E-state index contributed by atoms with van der Waals surface area (Å²) in [6.07, 6.45) is -0.573. The van der Waals surface area contributed by atoms with Crippen LogP contribution in [0.3, 0.4) is 0 Å². The molecule has 0 fully saturated rings. The van der Waals surface area contributed by atoms with Crippen molar-refractivity contribution in [3.8, 4) is 17.2 Å². The third-order valence-corrected chi connectivity index (χ3v) is 3.60. The molecule has 1 amide bonds. The number of carbonyl (C=O) groups excluding carboxylic acids is 1. The Labute approximate surface area is 140 Å². The number of para-hydroxylation sites is 1. The standard InChI is InChI=1S/C19H19NO4/c1-12(2)11-23-16-9-8-13(10-17(16)22-3)19-20-18(21)14-6-4-5-7-15(14)24-19/h4-10,19H,1,11H2,2-3H3,(H,20,21)/t19-/m0/s1. The van der Waals surface area contributed by atoms with Crippen molar-refractivity contribution >= 4 is 5.91 Å². The van der Waals surface area contributed by atoms with Crippen molar-refractivity contribution in [2.24, 2.45) is 0 Å². The summed E-state index contributed by atoms with van der Waals surface area (Å²) in [5.41, 5.74) is 2.22. The van der Waals surface area contributed by atoms with Gasteiger partial charge >= 0.3 is 0 Å². The van der Waals surface area contributed by atoms with Crippen LogP contribution in [-0.4, -0.2) is 19.6 Å². The van der Waals surface area contributed by atoms with Crippen molar-refractivity contribution < 1.29 is 19.0 Å². The fourth-order valence-corrected chi connectivity index (χ4v) is 2.43. The van der Waals surface area contributed by atoms with Crippen LogP contribution in [0.25, 0.3) is 0 Å². The third-order valence-electron chi connectivity index (χ3n) is 3.60. The molecule has 0 bridgehead atoms. The lowest BCUT2D eigenvalue weighted by molar-refractivity contribution is 0.0755. The zero-order chi connectivity index (χ0) is 17.1. The predicted molar refractivity (Wildman–Crippen MR) is 90.6 cm³/mol. The smallest absolute Gasteiger partial charge is 0.258 e. The Hall–Kier alpha value is -2.95. The first-order valence-corrected chi connectivity index (χ1v) is 7.60. The van der Waals surface area contributed by atoms with Crippen molar-refractivity contribution in [2.75, 3.05) is 13.7 Å². The van der Waals surface area contributed by atoms with E-state index in [-0.39, 0.29) is 5.91 Å². The molecule has 24 heavy (non-hydrogen) atoms. The van der Waals surface area contributed by atoms with Crippen LogP contribution >= 0.6 is 0 Å². The Kier molecular flexibility index (Phi) is 4.42. The summed E-state index contributed by atoms with van der Waals surface area (Å²) >= 11 is 0. The van der Waals surface area contributed by atoms with Crippen LogP contribution in [0.15, 0.2) is 54.6 Å². The Morgan fingerprint density at radius 3 is 2.79 bits per heavy atom. The Balaban J connectivity index is 1.85. The quantitative estimate of drug-likeness (QED) is 0.855. The maximum absolute atomic E-state index is 12.2. The van der Waals surface area contributed by atoms with E-state index in [0.29, 0.717) is 29.4 Å². The second-order valence-corrected chi connectivity index (χ2v) is 5.62. The number of rotatable bonds is 5. The topological polar surface area (TPSA) is 56.8 Å². The molecule has 0 saturated heterocycles. The summed E-state index contributed by atoms with van der Waals surface area (Å²) in [6.45, 7) is 6.12. The number of benzene rings is 2. The largest absolute Gasteiger partial charge is 0.493 e. The van der Waals surface area contributed by atoms with Gasteiger partial charge in [0.15, 0.2) is 17.7 Å². The number of fused-ring (bicyclic) bond motifs is 1. The molecule has 1 aliphatic rings. The van der Waals surface area contributed by atoms with Crippen LogP contribution in [0.2, 0.25) is 0 Å². The van der Waals surface area contributed by atoms with Crippen LogP contribution in [0.1, 0.15) is 29.1 Å².